The van der Waals surface area contributed by atoms with Gasteiger partial charge < -0.3 is 10.6 Å². The number of nitrogens with zero attached hydrogens (tertiary/aromatic N) is 2. The van der Waals surface area contributed by atoms with Crippen molar-refractivity contribution in [2.75, 3.05) is 17.7 Å². The first-order chi connectivity index (χ1) is 10.2. The minimum Gasteiger partial charge on any atom is -0.357 e. The third kappa shape index (κ3) is 2.50. The van der Waals surface area contributed by atoms with Crippen LogP contribution in [0.15, 0.2) is 42.5 Å². The van der Waals surface area contributed by atoms with Crippen LogP contribution in [0.25, 0.3) is 10.9 Å². The summed E-state index contributed by atoms with van der Waals surface area (Å²) in [5.41, 5.74) is 2.08. The average molecular weight is 282 g/mol. The van der Waals surface area contributed by atoms with Gasteiger partial charge in [0.1, 0.15) is 11.6 Å². The number of para-hydroxylation sites is 1. The van der Waals surface area contributed by atoms with E-state index in [-0.39, 0.29) is 5.82 Å². The van der Waals surface area contributed by atoms with Crippen molar-refractivity contribution >= 4 is 28.4 Å². The van der Waals surface area contributed by atoms with Gasteiger partial charge in [0.05, 0.1) is 5.52 Å². The zero-order valence-corrected chi connectivity index (χ0v) is 11.8. The van der Waals surface area contributed by atoms with E-state index in [1.54, 1.807) is 20.0 Å². The Balaban J connectivity index is 2.13. The van der Waals surface area contributed by atoms with Gasteiger partial charge in [-0.15, -0.1) is 0 Å². The third-order valence-electron chi connectivity index (χ3n) is 3.35. The van der Waals surface area contributed by atoms with Crippen LogP contribution < -0.4 is 10.6 Å². The van der Waals surface area contributed by atoms with Gasteiger partial charge in [0, 0.05) is 23.7 Å². The Morgan fingerprint density at radius 2 is 1.81 bits per heavy atom. The fourth-order valence-corrected chi connectivity index (χ4v) is 2.15. The Labute approximate surface area is 122 Å². The summed E-state index contributed by atoms with van der Waals surface area (Å²) in [6.45, 7) is 1.74. The summed E-state index contributed by atoms with van der Waals surface area (Å²) in [4.78, 5) is 8.83. The lowest BCUT2D eigenvalue weighted by Crippen LogP contribution is -2.03. The van der Waals surface area contributed by atoms with Crippen LogP contribution >= 0.6 is 0 Å². The molecule has 21 heavy (non-hydrogen) atoms. The molecule has 0 radical (unpaired) electrons. The van der Waals surface area contributed by atoms with Crippen molar-refractivity contribution < 1.29 is 4.39 Å². The van der Waals surface area contributed by atoms with Gasteiger partial charge >= 0.3 is 0 Å². The summed E-state index contributed by atoms with van der Waals surface area (Å²) < 4.78 is 13.7. The summed E-state index contributed by atoms with van der Waals surface area (Å²) in [5, 5.41) is 7.02. The molecular formula is C16H15FN4. The van der Waals surface area contributed by atoms with E-state index in [1.807, 2.05) is 30.3 Å². The number of nitrogens with one attached hydrogen (secondary N) is 2. The molecule has 0 amide bonds. The molecule has 3 aromatic rings. The Kier molecular flexibility index (Phi) is 3.39. The molecule has 4 nitrogen and oxygen atoms in total. The van der Waals surface area contributed by atoms with Gasteiger partial charge in [0.2, 0.25) is 5.95 Å². The van der Waals surface area contributed by atoms with Crippen molar-refractivity contribution in [2.45, 2.75) is 6.92 Å². The highest BCUT2D eigenvalue weighted by molar-refractivity contribution is 5.91. The Morgan fingerprint density at radius 1 is 1.00 bits per heavy atom. The number of hydrogen-bond acceptors (Lipinski definition) is 4. The maximum Gasteiger partial charge on any atom is 0.224 e. The van der Waals surface area contributed by atoms with Crippen molar-refractivity contribution in [2.24, 2.45) is 0 Å². The first-order valence-corrected chi connectivity index (χ1v) is 6.65. The van der Waals surface area contributed by atoms with Crippen LogP contribution in [0.2, 0.25) is 0 Å². The topological polar surface area (TPSA) is 49.8 Å². The second-order valence-corrected chi connectivity index (χ2v) is 4.70. The largest absolute Gasteiger partial charge is 0.357 e. The second kappa shape index (κ2) is 5.36. The Bertz CT molecular complexity index is 801. The predicted octanol–water partition coefficient (Wildman–Crippen LogP) is 3.86. The van der Waals surface area contributed by atoms with Crippen LogP contribution in [0.3, 0.4) is 0 Å². The van der Waals surface area contributed by atoms with Crippen molar-refractivity contribution in [3.8, 4) is 0 Å². The number of aromatic nitrogens is 2. The van der Waals surface area contributed by atoms with Crippen molar-refractivity contribution in [3.05, 3.63) is 53.8 Å². The number of hydrogen-bond donors (Lipinski definition) is 2. The molecule has 0 saturated heterocycles. The van der Waals surface area contributed by atoms with E-state index < -0.39 is 0 Å². The maximum atomic E-state index is 13.7. The number of anilines is 3. The molecule has 0 atom stereocenters. The highest BCUT2D eigenvalue weighted by Gasteiger charge is 2.09. The van der Waals surface area contributed by atoms with Gasteiger partial charge in [0.15, 0.2) is 0 Å². The molecule has 0 bridgehead atoms. The van der Waals surface area contributed by atoms with Crippen molar-refractivity contribution in [1.29, 1.82) is 0 Å². The van der Waals surface area contributed by atoms with E-state index in [2.05, 4.69) is 20.6 Å². The van der Waals surface area contributed by atoms with Crippen LogP contribution in [0.4, 0.5) is 21.8 Å². The number of rotatable bonds is 3. The van der Waals surface area contributed by atoms with Crippen molar-refractivity contribution in [1.82, 2.24) is 9.97 Å². The molecule has 0 fully saturated rings. The molecule has 0 spiro atoms. The normalized spacial score (nSPS) is 10.6. The highest BCUT2D eigenvalue weighted by Crippen LogP contribution is 2.27. The molecule has 5 heteroatoms. The second-order valence-electron chi connectivity index (χ2n) is 4.70. The monoisotopic (exact) mass is 282 g/mol. The smallest absolute Gasteiger partial charge is 0.224 e. The van der Waals surface area contributed by atoms with Crippen LogP contribution in [-0.2, 0) is 0 Å². The first kappa shape index (κ1) is 13.3. The minimum atomic E-state index is -0.243. The lowest BCUT2D eigenvalue weighted by Gasteiger charge is -2.12. The molecular weight excluding hydrogens is 267 g/mol. The van der Waals surface area contributed by atoms with Crippen LogP contribution in [-0.4, -0.2) is 17.0 Å². The zero-order valence-electron chi connectivity index (χ0n) is 11.8. The van der Waals surface area contributed by atoms with E-state index in [4.69, 9.17) is 0 Å². The molecule has 1 aromatic heterocycles. The lowest BCUT2D eigenvalue weighted by molar-refractivity contribution is 0.619. The van der Waals surface area contributed by atoms with Gasteiger partial charge in [-0.25, -0.2) is 9.37 Å². The molecule has 0 unspecified atom stereocenters. The fourth-order valence-electron chi connectivity index (χ4n) is 2.15. The number of halogens is 1. The van der Waals surface area contributed by atoms with Gasteiger partial charge in [0.25, 0.3) is 0 Å². The van der Waals surface area contributed by atoms with Crippen LogP contribution in [0, 0.1) is 12.7 Å². The third-order valence-corrected chi connectivity index (χ3v) is 3.35. The summed E-state index contributed by atoms with van der Waals surface area (Å²) in [5.74, 6) is 0.927. The van der Waals surface area contributed by atoms with Gasteiger partial charge in [-0.05, 0) is 31.2 Å². The Morgan fingerprint density at radius 3 is 2.62 bits per heavy atom. The lowest BCUT2D eigenvalue weighted by atomic mass is 10.1. The molecule has 2 N–H and O–H groups in total. The van der Waals surface area contributed by atoms with E-state index in [1.165, 1.54) is 6.07 Å². The zero-order chi connectivity index (χ0) is 14.8. The van der Waals surface area contributed by atoms with Gasteiger partial charge in [-0.1, -0.05) is 18.2 Å². The number of fused-ring (bicyclic) bond motifs is 1. The number of benzene rings is 2. The molecule has 2 aromatic carbocycles. The van der Waals surface area contributed by atoms with E-state index in [0.717, 1.165) is 10.9 Å². The predicted molar refractivity (Wildman–Crippen MR) is 83.5 cm³/mol. The quantitative estimate of drug-likeness (QED) is 0.766. The summed E-state index contributed by atoms with van der Waals surface area (Å²) in [7, 11) is 1.77. The van der Waals surface area contributed by atoms with Crippen molar-refractivity contribution in [3.63, 3.8) is 0 Å². The molecule has 0 aliphatic heterocycles. The molecule has 0 aliphatic carbocycles. The SMILES string of the molecule is CNc1nc(Nc2cccc(F)c2C)c2ccccc2n1. The van der Waals surface area contributed by atoms with Crippen LogP contribution in [0.5, 0.6) is 0 Å². The molecule has 0 aliphatic rings. The highest BCUT2D eigenvalue weighted by atomic mass is 19.1. The standard InChI is InChI=1S/C16H15FN4/c1-10-12(17)7-5-9-13(10)19-15-11-6-3-4-8-14(11)20-16(18-2)21-15/h3-9H,1-2H3,(H2,18,19,20,21). The summed E-state index contributed by atoms with van der Waals surface area (Å²) in [6, 6.07) is 12.6. The maximum absolute atomic E-state index is 13.7. The minimum absolute atomic E-state index is 0.243. The van der Waals surface area contributed by atoms with Gasteiger partial charge in [-0.2, -0.15) is 4.98 Å². The average Bonchev–Trinajstić information content (AvgIpc) is 2.51. The van der Waals surface area contributed by atoms with E-state index >= 15 is 0 Å². The van der Waals surface area contributed by atoms with Crippen LogP contribution in [0.1, 0.15) is 5.56 Å². The molecule has 1 heterocycles. The summed E-state index contributed by atoms with van der Waals surface area (Å²) >= 11 is 0. The van der Waals surface area contributed by atoms with E-state index in [0.29, 0.717) is 23.0 Å². The first-order valence-electron chi connectivity index (χ1n) is 6.65. The molecule has 106 valence electrons. The Hall–Kier alpha value is -2.69. The summed E-state index contributed by atoms with van der Waals surface area (Å²) in [6.07, 6.45) is 0. The molecule has 3 rings (SSSR count). The van der Waals surface area contributed by atoms with E-state index in [9.17, 15) is 4.39 Å². The van der Waals surface area contributed by atoms with Gasteiger partial charge in [-0.3, -0.25) is 0 Å². The fraction of sp³-hybridized carbons (Fsp3) is 0.125. The molecule has 0 saturated carbocycles.